The van der Waals surface area contributed by atoms with E-state index in [1.165, 1.54) is 11.9 Å². The van der Waals surface area contributed by atoms with E-state index < -0.39 is 0 Å². The first kappa shape index (κ1) is 11.5. The molecule has 0 unspecified atom stereocenters. The lowest BCUT2D eigenvalue weighted by molar-refractivity contribution is -0.125. The molecule has 0 aromatic heterocycles. The number of rotatable bonds is 2. The molecule has 4 heteroatoms. The summed E-state index contributed by atoms with van der Waals surface area (Å²) in [5, 5.41) is 3.21. The molecule has 1 aliphatic heterocycles. The molecule has 0 N–H and O–H groups in total. The van der Waals surface area contributed by atoms with Crippen molar-refractivity contribution in [2.75, 3.05) is 7.05 Å². The predicted molar refractivity (Wildman–Crippen MR) is 64.4 cm³/mol. The molecule has 0 bridgehead atoms. The molecule has 0 spiro atoms. The van der Waals surface area contributed by atoms with Crippen LogP contribution < -0.4 is 5.01 Å². The Bertz CT molecular complexity index is 505. The van der Waals surface area contributed by atoms with Gasteiger partial charge >= 0.3 is 5.91 Å². The average molecular weight is 230 g/mol. The molecular formula is C13H14N2O2+. The van der Waals surface area contributed by atoms with Crippen LogP contribution >= 0.6 is 0 Å². The maximum Gasteiger partial charge on any atom is 0.432 e. The van der Waals surface area contributed by atoms with Gasteiger partial charge in [-0.15, -0.1) is 0 Å². The van der Waals surface area contributed by atoms with Gasteiger partial charge in [-0.2, -0.15) is 5.01 Å². The van der Waals surface area contributed by atoms with E-state index in [0.717, 1.165) is 5.69 Å². The Balaban J connectivity index is 2.44. The number of ketones is 1. The summed E-state index contributed by atoms with van der Waals surface area (Å²) in [6.07, 6.45) is 0. The number of amides is 1. The van der Waals surface area contributed by atoms with Gasteiger partial charge in [-0.05, 0) is 13.8 Å². The maximum absolute atomic E-state index is 12.2. The largest absolute Gasteiger partial charge is 0.432 e. The molecule has 0 saturated carbocycles. The van der Waals surface area contributed by atoms with E-state index >= 15 is 0 Å². The van der Waals surface area contributed by atoms with Crippen LogP contribution in [0.4, 0.5) is 5.69 Å². The lowest BCUT2D eigenvalue weighted by Gasteiger charge is -2.12. The van der Waals surface area contributed by atoms with E-state index in [9.17, 15) is 9.59 Å². The van der Waals surface area contributed by atoms with E-state index in [4.69, 9.17) is 0 Å². The monoisotopic (exact) mass is 230 g/mol. The molecular weight excluding hydrogens is 216 g/mol. The van der Waals surface area contributed by atoms with E-state index in [1.54, 1.807) is 19.0 Å². The van der Waals surface area contributed by atoms with Crippen molar-refractivity contribution in [2.24, 2.45) is 0 Å². The second-order valence-electron chi connectivity index (χ2n) is 3.99. The van der Waals surface area contributed by atoms with Gasteiger partial charge in [0.15, 0.2) is 11.4 Å². The Labute approximate surface area is 100 Å². The number of anilines is 1. The fraction of sp³-hybridized carbons (Fsp3) is 0.231. The van der Waals surface area contributed by atoms with Gasteiger partial charge in [-0.1, -0.05) is 18.2 Å². The highest BCUT2D eigenvalue weighted by Crippen LogP contribution is 2.28. The van der Waals surface area contributed by atoms with Gasteiger partial charge in [-0.25, -0.2) is 4.79 Å². The number of para-hydroxylation sites is 1. The Morgan fingerprint density at radius 1 is 1.24 bits per heavy atom. The van der Waals surface area contributed by atoms with Gasteiger partial charge in [0.2, 0.25) is 5.69 Å². The van der Waals surface area contributed by atoms with Crippen LogP contribution in [0.2, 0.25) is 0 Å². The highest BCUT2D eigenvalue weighted by Gasteiger charge is 2.47. The van der Waals surface area contributed by atoms with Crippen molar-refractivity contribution in [1.29, 1.82) is 0 Å². The fourth-order valence-corrected chi connectivity index (χ4v) is 1.97. The summed E-state index contributed by atoms with van der Waals surface area (Å²) < 4.78 is 0. The summed E-state index contributed by atoms with van der Waals surface area (Å²) in [7, 11) is 1.77. The van der Waals surface area contributed by atoms with Crippen molar-refractivity contribution in [1.82, 2.24) is 10.0 Å². The number of hydrogen-bond acceptors (Lipinski definition) is 3. The number of carbonyl (C=O) groups is 2. The standard InChI is InChI=1S/C13H14N2O2/c1-9-12(10(2)16)13(17)15(14(9)3)11-7-5-4-6-8-11/h4-8H,1-3H3/q+1. The normalized spacial score (nSPS) is 16.9. The maximum atomic E-state index is 12.2. The van der Waals surface area contributed by atoms with Crippen LogP contribution in [0.15, 0.2) is 41.6 Å². The van der Waals surface area contributed by atoms with Crippen LogP contribution in [0, 0.1) is 0 Å². The number of benzene rings is 1. The first-order valence-corrected chi connectivity index (χ1v) is 5.39. The molecule has 1 aliphatic rings. The van der Waals surface area contributed by atoms with Crippen LogP contribution in [0.1, 0.15) is 13.8 Å². The van der Waals surface area contributed by atoms with Crippen LogP contribution in [0.5, 0.6) is 0 Å². The minimum absolute atomic E-state index is 0.196. The second kappa shape index (κ2) is 4.14. The number of carbonyl (C=O) groups excluding carboxylic acids is 2. The van der Waals surface area contributed by atoms with Crippen molar-refractivity contribution in [3.63, 3.8) is 0 Å². The fourth-order valence-electron chi connectivity index (χ4n) is 1.97. The van der Waals surface area contributed by atoms with Crippen molar-refractivity contribution in [3.8, 4) is 0 Å². The summed E-state index contributed by atoms with van der Waals surface area (Å²) in [6, 6.07) is 9.28. The quantitative estimate of drug-likeness (QED) is 0.574. The summed E-state index contributed by atoms with van der Waals surface area (Å²) in [5.74, 6) is -0.457. The van der Waals surface area contributed by atoms with Crippen LogP contribution in [0.25, 0.3) is 0 Å². The topological polar surface area (TPSA) is 43.3 Å². The molecule has 87 valence electrons. The van der Waals surface area contributed by atoms with Gasteiger partial charge in [0.05, 0.1) is 17.8 Å². The third-order valence-corrected chi connectivity index (χ3v) is 2.91. The molecule has 0 aliphatic carbocycles. The Morgan fingerprint density at radius 2 is 1.82 bits per heavy atom. The van der Waals surface area contributed by atoms with Crippen molar-refractivity contribution >= 4 is 17.4 Å². The third kappa shape index (κ3) is 1.76. The van der Waals surface area contributed by atoms with E-state index in [-0.39, 0.29) is 17.3 Å². The number of nitrogens with zero attached hydrogens (tertiary/aromatic N) is 2. The first-order valence-electron chi connectivity index (χ1n) is 5.39. The minimum Gasteiger partial charge on any atom is -0.294 e. The van der Waals surface area contributed by atoms with Gasteiger partial charge in [-0.3, -0.25) is 4.79 Å². The Kier molecular flexibility index (Phi) is 2.81. The minimum atomic E-state index is -0.260. The second-order valence-corrected chi connectivity index (χ2v) is 3.99. The Hall–Kier alpha value is -1.94. The smallest absolute Gasteiger partial charge is 0.294 e. The Morgan fingerprint density at radius 3 is 2.29 bits per heavy atom. The SMILES string of the molecule is CC(=O)C1=C(C)N(C)[N+](c2ccccc2)C1=O. The zero-order chi connectivity index (χ0) is 12.6. The zero-order valence-corrected chi connectivity index (χ0v) is 10.1. The van der Waals surface area contributed by atoms with E-state index in [1.807, 2.05) is 30.3 Å². The predicted octanol–water partition coefficient (Wildman–Crippen LogP) is 1.71. The lowest BCUT2D eigenvalue weighted by Crippen LogP contribution is -2.39. The molecule has 1 heterocycles. The third-order valence-electron chi connectivity index (χ3n) is 2.91. The lowest BCUT2D eigenvalue weighted by atomic mass is 10.1. The van der Waals surface area contributed by atoms with Crippen LogP contribution in [0.3, 0.4) is 0 Å². The molecule has 0 saturated heterocycles. The number of Topliss-reactive ketones (excluding diaryl/α,β-unsaturated/α-hetero) is 1. The molecule has 1 amide bonds. The molecule has 2 rings (SSSR count). The van der Waals surface area contributed by atoms with Gasteiger partial charge < -0.3 is 0 Å². The number of allylic oxidation sites excluding steroid dienone is 1. The van der Waals surface area contributed by atoms with Crippen LogP contribution in [-0.2, 0) is 9.59 Å². The summed E-state index contributed by atoms with van der Waals surface area (Å²) in [5.41, 5.74) is 1.71. The van der Waals surface area contributed by atoms with Gasteiger partial charge in [0.1, 0.15) is 0 Å². The summed E-state index contributed by atoms with van der Waals surface area (Å²) in [4.78, 5) is 23.6. The highest BCUT2D eigenvalue weighted by molar-refractivity contribution is 6.22. The zero-order valence-electron chi connectivity index (χ0n) is 10.1. The molecule has 4 nitrogen and oxygen atoms in total. The molecule has 17 heavy (non-hydrogen) atoms. The van der Waals surface area contributed by atoms with Crippen molar-refractivity contribution < 1.29 is 9.59 Å². The average Bonchev–Trinajstić information content (AvgIpc) is 2.51. The van der Waals surface area contributed by atoms with Crippen LogP contribution in [-0.4, -0.2) is 23.7 Å². The van der Waals surface area contributed by atoms with E-state index in [2.05, 4.69) is 0 Å². The van der Waals surface area contributed by atoms with Crippen molar-refractivity contribution in [2.45, 2.75) is 13.8 Å². The van der Waals surface area contributed by atoms with Gasteiger partial charge in [0.25, 0.3) is 0 Å². The molecule has 0 fully saturated rings. The first-order chi connectivity index (χ1) is 8.04. The molecule has 1 aromatic carbocycles. The highest BCUT2D eigenvalue weighted by atomic mass is 16.2. The van der Waals surface area contributed by atoms with Crippen molar-refractivity contribution in [3.05, 3.63) is 41.6 Å². The summed E-state index contributed by atoms with van der Waals surface area (Å²) >= 11 is 0. The molecule has 0 atom stereocenters. The van der Waals surface area contributed by atoms with Gasteiger partial charge in [0, 0.05) is 12.1 Å². The van der Waals surface area contributed by atoms with E-state index in [0.29, 0.717) is 5.70 Å². The molecule has 1 radical (unpaired) electrons. The summed E-state index contributed by atoms with van der Waals surface area (Å²) in [6.45, 7) is 3.19. The number of hydrazine groups is 1. The molecule has 1 aromatic rings. The number of hydrogen-bond donors (Lipinski definition) is 0.